The first-order valence-corrected chi connectivity index (χ1v) is 6.40. The zero-order chi connectivity index (χ0) is 4.50. The molecule has 0 fully saturated rings. The molecule has 0 radical (unpaired) electrons. The van der Waals surface area contributed by atoms with E-state index in [0.717, 1.165) is 0 Å². The summed E-state index contributed by atoms with van der Waals surface area (Å²) in [6.07, 6.45) is 0. The molecule has 6 heteroatoms. The van der Waals surface area contributed by atoms with Crippen molar-refractivity contribution in [3.8, 4) is 0 Å². The molecule has 0 unspecified atom stereocenters. The molecular weight excluding hydrogens is 241 g/mol. The summed E-state index contributed by atoms with van der Waals surface area (Å²) in [7, 11) is 10.0. The van der Waals surface area contributed by atoms with Crippen molar-refractivity contribution in [2.45, 2.75) is 0 Å². The zero-order valence-electron chi connectivity index (χ0n) is 2.64. The van der Waals surface area contributed by atoms with Gasteiger partial charge >= 0.3 is 41.8 Å². The van der Waals surface area contributed by atoms with E-state index in [9.17, 15) is 0 Å². The van der Waals surface area contributed by atoms with Gasteiger partial charge in [0.25, 0.3) is 0 Å². The Bertz CT molecular complexity index is 24.3. The van der Waals surface area contributed by atoms with Crippen molar-refractivity contribution in [3.63, 3.8) is 0 Å². The molecule has 0 rings (SSSR count). The molecule has 0 spiro atoms. The van der Waals surface area contributed by atoms with Crippen LogP contribution in [0.1, 0.15) is 0 Å². The van der Waals surface area contributed by atoms with Crippen LogP contribution in [0.25, 0.3) is 0 Å². The standard InChI is InChI=1S/3ClH.2H2N.Pd/h3*1H;2*1H2;/q;;;2*-1;+4/p-2. The van der Waals surface area contributed by atoms with E-state index in [0.29, 0.717) is 0 Å². The molecule has 0 atom stereocenters. The fraction of sp³-hybridized carbons (Fsp3) is 0. The molecule has 46 valence electrons. The van der Waals surface area contributed by atoms with E-state index in [4.69, 9.17) is 27.8 Å². The van der Waals surface area contributed by atoms with E-state index in [1.165, 1.54) is 0 Å². The van der Waals surface area contributed by atoms with Gasteiger partial charge in [0.1, 0.15) is 0 Å². The van der Waals surface area contributed by atoms with Crippen LogP contribution >= 0.6 is 31.5 Å². The van der Waals surface area contributed by atoms with Crippen LogP contribution in [0.15, 0.2) is 0 Å². The van der Waals surface area contributed by atoms with Crippen molar-refractivity contribution in [1.82, 2.24) is 0 Å². The second-order valence-corrected chi connectivity index (χ2v) is 7.93. The van der Waals surface area contributed by atoms with E-state index in [1.807, 2.05) is 0 Å². The quantitative estimate of drug-likeness (QED) is 0.615. The first-order chi connectivity index (χ1) is 2.00. The van der Waals surface area contributed by atoms with Gasteiger partial charge in [-0.3, -0.25) is 0 Å². The topological polar surface area (TPSA) is 52.0 Å². The van der Waals surface area contributed by atoms with Crippen LogP contribution in [0.3, 0.4) is 0 Å². The molecule has 0 aliphatic rings. The first kappa shape index (κ1) is 10.4. The van der Waals surface area contributed by atoms with Gasteiger partial charge in [0, 0.05) is 0 Å². The monoisotopic (exact) mass is 244 g/mol. The van der Waals surface area contributed by atoms with E-state index < -0.39 is 14.0 Å². The summed E-state index contributed by atoms with van der Waals surface area (Å²) in [5.41, 5.74) is 0. The predicted octanol–water partition coefficient (Wildman–Crippen LogP) is 0.617. The Kier molecular flexibility index (Phi) is 6.01. The van der Waals surface area contributed by atoms with Crippen LogP contribution in [0.4, 0.5) is 0 Å². The SMILES string of the molecule is Cl.[NH2][Pd]([NH2])([Cl])[Cl]. The second kappa shape index (κ2) is 3.45. The molecule has 0 aromatic rings. The maximum absolute atomic E-state index is 5.00. The van der Waals surface area contributed by atoms with Gasteiger partial charge < -0.3 is 0 Å². The van der Waals surface area contributed by atoms with Crippen LogP contribution in [0, 0.1) is 0 Å². The van der Waals surface area contributed by atoms with Crippen LogP contribution in [-0.4, -0.2) is 0 Å². The molecule has 6 heavy (non-hydrogen) atoms. The molecule has 0 saturated heterocycles. The van der Waals surface area contributed by atoms with Gasteiger partial charge in [-0.05, 0) is 0 Å². The van der Waals surface area contributed by atoms with Gasteiger partial charge in [0.2, 0.25) is 0 Å². The molecule has 0 aliphatic carbocycles. The molecule has 0 aromatic heterocycles. The van der Waals surface area contributed by atoms with E-state index in [1.54, 1.807) is 0 Å². The minimum atomic E-state index is -2.76. The summed E-state index contributed by atoms with van der Waals surface area (Å²) in [4.78, 5) is 0. The van der Waals surface area contributed by atoms with Crippen molar-refractivity contribution in [1.29, 1.82) is 0 Å². The minimum absolute atomic E-state index is 0. The Labute approximate surface area is 54.1 Å². The third-order valence-corrected chi connectivity index (χ3v) is 0. The van der Waals surface area contributed by atoms with Gasteiger partial charge in [-0.1, -0.05) is 0 Å². The van der Waals surface area contributed by atoms with Crippen molar-refractivity contribution in [3.05, 3.63) is 0 Å². The summed E-state index contributed by atoms with van der Waals surface area (Å²) in [6, 6.07) is 0. The summed E-state index contributed by atoms with van der Waals surface area (Å²) in [6.45, 7) is 0. The second-order valence-electron chi connectivity index (χ2n) is 0.427. The number of rotatable bonds is 0. The summed E-state index contributed by atoms with van der Waals surface area (Å²) in [5.74, 6) is 0. The van der Waals surface area contributed by atoms with Crippen LogP contribution in [-0.2, 0) is 14.0 Å². The van der Waals surface area contributed by atoms with E-state index in [2.05, 4.69) is 0 Å². The average Bonchev–Trinajstić information content (AvgIpc) is 0.722. The van der Waals surface area contributed by atoms with Gasteiger partial charge in [-0.25, -0.2) is 0 Å². The van der Waals surface area contributed by atoms with Crippen molar-refractivity contribution in [2.75, 3.05) is 0 Å². The molecule has 4 N–H and O–H groups in total. The Morgan fingerprint density at radius 1 is 1.17 bits per heavy atom. The normalized spacial score (nSPS) is 12.7. The Balaban J connectivity index is 0. The molecular formula is H5Cl3N2Pd. The van der Waals surface area contributed by atoms with Crippen LogP contribution < -0.4 is 8.73 Å². The van der Waals surface area contributed by atoms with Gasteiger partial charge in [-0.2, -0.15) is 0 Å². The van der Waals surface area contributed by atoms with Crippen molar-refractivity contribution < 1.29 is 14.0 Å². The number of hydrogen-bond donors (Lipinski definition) is 2. The Morgan fingerprint density at radius 3 is 1.17 bits per heavy atom. The third-order valence-electron chi connectivity index (χ3n) is 0. The Hall–Kier alpha value is 1.45. The van der Waals surface area contributed by atoms with E-state index >= 15 is 0 Å². The van der Waals surface area contributed by atoms with Crippen LogP contribution in [0.2, 0.25) is 0 Å². The number of halogens is 3. The summed E-state index contributed by atoms with van der Waals surface area (Å²) >= 11 is -2.76. The molecule has 0 aliphatic heterocycles. The van der Waals surface area contributed by atoms with Crippen molar-refractivity contribution >= 4 is 31.5 Å². The molecule has 0 saturated carbocycles. The van der Waals surface area contributed by atoms with Crippen LogP contribution in [0.5, 0.6) is 0 Å². The number of nitrogens with two attached hydrogens (primary N) is 2. The fourth-order valence-electron chi connectivity index (χ4n) is 0. The van der Waals surface area contributed by atoms with Crippen molar-refractivity contribution in [2.24, 2.45) is 8.73 Å². The number of hydrogen-bond acceptors (Lipinski definition) is 2. The molecule has 2 nitrogen and oxygen atoms in total. The molecule has 0 bridgehead atoms. The summed E-state index contributed by atoms with van der Waals surface area (Å²) in [5, 5.41) is 0. The Morgan fingerprint density at radius 2 is 1.17 bits per heavy atom. The van der Waals surface area contributed by atoms with Gasteiger partial charge in [0.15, 0.2) is 0 Å². The van der Waals surface area contributed by atoms with E-state index in [-0.39, 0.29) is 12.4 Å². The molecule has 0 amide bonds. The first-order valence-electron chi connectivity index (χ1n) is 0.604. The van der Waals surface area contributed by atoms with Gasteiger partial charge in [-0.15, -0.1) is 12.4 Å². The zero-order valence-corrected chi connectivity index (χ0v) is 6.52. The third kappa shape index (κ3) is 51.2. The molecule has 0 heterocycles. The fourth-order valence-corrected chi connectivity index (χ4v) is 0. The maximum atomic E-state index is 5.00. The predicted molar refractivity (Wildman–Crippen MR) is 27.3 cm³/mol. The molecule has 0 aromatic carbocycles. The van der Waals surface area contributed by atoms with Gasteiger partial charge in [0.05, 0.1) is 0 Å². The summed E-state index contributed by atoms with van der Waals surface area (Å²) < 4.78 is 9.63. The average molecular weight is 246 g/mol.